The summed E-state index contributed by atoms with van der Waals surface area (Å²) in [4.78, 5) is 47.1. The molecule has 34 heavy (non-hydrogen) atoms. The molecule has 2 aliphatic rings. The number of aryl methyl sites for hydroxylation is 2. The van der Waals surface area contributed by atoms with E-state index >= 15 is 0 Å². The number of urea groups is 1. The van der Waals surface area contributed by atoms with Gasteiger partial charge in [0.1, 0.15) is 12.1 Å². The molecule has 2 aromatic carbocycles. The number of anilines is 1. The standard InChI is InChI=1S/C26H28N4O3S/c1-17-11-12-20-22(18(17)2)27-25(34-20)29(15-19-9-5-3-6-10-19)21(31)16-30-23(32)26(28-24(30)33)13-7-4-8-14-26/h3,5-6,9-12H,4,7-8,13-16H2,1-2H3,(H,28,33). The van der Waals surface area contributed by atoms with Crippen molar-refractivity contribution in [3.05, 3.63) is 59.2 Å². The number of nitrogens with one attached hydrogen (secondary N) is 1. The minimum Gasteiger partial charge on any atom is -0.323 e. The fourth-order valence-corrected chi connectivity index (χ4v) is 5.93. The monoisotopic (exact) mass is 476 g/mol. The first kappa shape index (κ1) is 22.5. The zero-order chi connectivity index (χ0) is 23.9. The Balaban J connectivity index is 1.46. The van der Waals surface area contributed by atoms with Crippen molar-refractivity contribution in [3.8, 4) is 0 Å². The molecule has 176 valence electrons. The Labute approximate surface area is 202 Å². The summed E-state index contributed by atoms with van der Waals surface area (Å²) in [5.74, 6) is -0.602. The quantitative estimate of drug-likeness (QED) is 0.541. The minimum atomic E-state index is -0.843. The lowest BCUT2D eigenvalue weighted by Gasteiger charge is -2.30. The number of aromatic nitrogens is 1. The van der Waals surface area contributed by atoms with Gasteiger partial charge in [0.15, 0.2) is 5.13 Å². The Hall–Kier alpha value is -3.26. The molecular weight excluding hydrogens is 448 g/mol. The molecule has 5 rings (SSSR count). The van der Waals surface area contributed by atoms with Gasteiger partial charge in [0.2, 0.25) is 5.91 Å². The van der Waals surface area contributed by atoms with Gasteiger partial charge in [-0.2, -0.15) is 0 Å². The number of thiazole rings is 1. The number of benzene rings is 2. The third-order valence-corrected chi connectivity index (χ3v) is 8.08. The van der Waals surface area contributed by atoms with Crippen molar-refractivity contribution in [2.24, 2.45) is 0 Å². The molecule has 1 saturated carbocycles. The molecule has 0 unspecified atom stereocenters. The molecule has 2 fully saturated rings. The van der Waals surface area contributed by atoms with E-state index in [0.29, 0.717) is 24.5 Å². The fourth-order valence-electron chi connectivity index (χ4n) is 4.89. The van der Waals surface area contributed by atoms with E-state index in [1.54, 1.807) is 4.90 Å². The van der Waals surface area contributed by atoms with Crippen LogP contribution in [0.1, 0.15) is 48.8 Å². The number of carbonyl (C=O) groups is 3. The molecule has 1 spiro atoms. The SMILES string of the molecule is Cc1ccc2sc(N(Cc3ccccc3)C(=O)CN3C(=O)NC4(CCCCC4)C3=O)nc2c1C. The number of hydrogen-bond donors (Lipinski definition) is 1. The minimum absolute atomic E-state index is 0.277. The van der Waals surface area contributed by atoms with Crippen LogP contribution < -0.4 is 10.2 Å². The highest BCUT2D eigenvalue weighted by atomic mass is 32.1. The van der Waals surface area contributed by atoms with E-state index in [9.17, 15) is 14.4 Å². The maximum atomic E-state index is 13.6. The zero-order valence-corrected chi connectivity index (χ0v) is 20.3. The first-order valence-corrected chi connectivity index (χ1v) is 12.5. The lowest BCUT2D eigenvalue weighted by molar-refractivity contribution is -0.135. The van der Waals surface area contributed by atoms with Crippen molar-refractivity contribution in [2.75, 3.05) is 11.4 Å². The first-order chi connectivity index (χ1) is 16.4. The molecule has 1 aliphatic carbocycles. The smallest absolute Gasteiger partial charge is 0.323 e. The van der Waals surface area contributed by atoms with Crippen LogP contribution in [0.25, 0.3) is 10.2 Å². The number of carbonyl (C=O) groups excluding carboxylic acids is 3. The Morgan fingerprint density at radius 2 is 1.82 bits per heavy atom. The van der Waals surface area contributed by atoms with Gasteiger partial charge in [0.25, 0.3) is 5.91 Å². The van der Waals surface area contributed by atoms with Gasteiger partial charge in [-0.1, -0.05) is 67.0 Å². The molecule has 7 nitrogen and oxygen atoms in total. The van der Waals surface area contributed by atoms with Crippen LogP contribution in [0.2, 0.25) is 0 Å². The summed E-state index contributed by atoms with van der Waals surface area (Å²) in [6.07, 6.45) is 4.13. The van der Waals surface area contributed by atoms with Gasteiger partial charge in [0, 0.05) is 0 Å². The molecule has 1 aromatic heterocycles. The molecule has 3 aromatic rings. The van der Waals surface area contributed by atoms with E-state index in [0.717, 1.165) is 51.1 Å². The van der Waals surface area contributed by atoms with Crippen LogP contribution in [0.15, 0.2) is 42.5 Å². The second-order valence-corrected chi connectivity index (χ2v) is 10.3. The summed E-state index contributed by atoms with van der Waals surface area (Å²) in [6, 6.07) is 13.3. The molecule has 0 atom stereocenters. The number of amides is 4. The van der Waals surface area contributed by atoms with Crippen LogP contribution in [0.4, 0.5) is 9.93 Å². The summed E-state index contributed by atoms with van der Waals surface area (Å²) in [7, 11) is 0. The first-order valence-electron chi connectivity index (χ1n) is 11.7. The number of nitrogens with zero attached hydrogens (tertiary/aromatic N) is 3. The lowest BCUT2D eigenvalue weighted by atomic mass is 9.82. The summed E-state index contributed by atoms with van der Waals surface area (Å²) < 4.78 is 1.00. The average molecular weight is 477 g/mol. The van der Waals surface area contributed by atoms with Gasteiger partial charge in [-0.15, -0.1) is 0 Å². The summed E-state index contributed by atoms with van der Waals surface area (Å²) in [5, 5.41) is 3.46. The maximum Gasteiger partial charge on any atom is 0.325 e. The number of imide groups is 1. The van der Waals surface area contributed by atoms with E-state index in [-0.39, 0.29) is 18.4 Å². The van der Waals surface area contributed by atoms with Crippen molar-refractivity contribution < 1.29 is 14.4 Å². The molecule has 1 N–H and O–H groups in total. The molecule has 0 radical (unpaired) electrons. The maximum absolute atomic E-state index is 13.6. The Morgan fingerprint density at radius 3 is 2.56 bits per heavy atom. The van der Waals surface area contributed by atoms with Crippen LogP contribution in [0.5, 0.6) is 0 Å². The van der Waals surface area contributed by atoms with Crippen molar-refractivity contribution in [2.45, 2.75) is 58.0 Å². The summed E-state index contributed by atoms with van der Waals surface area (Å²) in [5.41, 5.74) is 3.21. The molecule has 4 amide bonds. The van der Waals surface area contributed by atoms with Gasteiger partial charge >= 0.3 is 6.03 Å². The third kappa shape index (κ3) is 3.96. The Bertz CT molecular complexity index is 1260. The molecule has 0 bridgehead atoms. The molecular formula is C26H28N4O3S. The molecule has 8 heteroatoms. The van der Waals surface area contributed by atoms with Gasteiger partial charge in [-0.3, -0.25) is 19.4 Å². The second-order valence-electron chi connectivity index (χ2n) is 9.28. The van der Waals surface area contributed by atoms with Crippen LogP contribution >= 0.6 is 11.3 Å². The van der Waals surface area contributed by atoms with Crippen molar-refractivity contribution in [3.63, 3.8) is 0 Å². The van der Waals surface area contributed by atoms with E-state index in [2.05, 4.69) is 11.4 Å². The molecule has 1 aliphatic heterocycles. The van der Waals surface area contributed by atoms with E-state index in [4.69, 9.17) is 4.98 Å². The van der Waals surface area contributed by atoms with Gasteiger partial charge in [-0.05, 0) is 49.4 Å². The highest BCUT2D eigenvalue weighted by Crippen LogP contribution is 2.35. The normalized spacial score (nSPS) is 17.4. The van der Waals surface area contributed by atoms with Crippen molar-refractivity contribution >= 4 is 44.5 Å². The van der Waals surface area contributed by atoms with Gasteiger partial charge in [0.05, 0.1) is 16.8 Å². The van der Waals surface area contributed by atoms with Crippen LogP contribution in [0, 0.1) is 13.8 Å². The second kappa shape index (κ2) is 8.83. The van der Waals surface area contributed by atoms with Gasteiger partial charge in [-0.25, -0.2) is 9.78 Å². The predicted octanol–water partition coefficient (Wildman–Crippen LogP) is 4.70. The Morgan fingerprint density at radius 1 is 1.09 bits per heavy atom. The predicted molar refractivity (Wildman–Crippen MR) is 133 cm³/mol. The van der Waals surface area contributed by atoms with Crippen LogP contribution in [0.3, 0.4) is 0 Å². The Kier molecular flexibility index (Phi) is 5.85. The average Bonchev–Trinajstić information content (AvgIpc) is 3.37. The fraction of sp³-hybridized carbons (Fsp3) is 0.385. The van der Waals surface area contributed by atoms with E-state index in [1.807, 2.05) is 50.2 Å². The number of fused-ring (bicyclic) bond motifs is 1. The lowest BCUT2D eigenvalue weighted by Crippen LogP contribution is -2.49. The molecule has 2 heterocycles. The van der Waals surface area contributed by atoms with Crippen molar-refractivity contribution in [1.82, 2.24) is 15.2 Å². The summed E-state index contributed by atoms with van der Waals surface area (Å²) in [6.45, 7) is 4.08. The van der Waals surface area contributed by atoms with Crippen LogP contribution in [-0.2, 0) is 16.1 Å². The topological polar surface area (TPSA) is 82.6 Å². The highest BCUT2D eigenvalue weighted by molar-refractivity contribution is 7.22. The highest BCUT2D eigenvalue weighted by Gasteiger charge is 2.51. The largest absolute Gasteiger partial charge is 0.325 e. The number of rotatable bonds is 5. The third-order valence-electron chi connectivity index (χ3n) is 7.04. The molecule has 1 saturated heterocycles. The summed E-state index contributed by atoms with van der Waals surface area (Å²) >= 11 is 1.45. The van der Waals surface area contributed by atoms with E-state index in [1.165, 1.54) is 11.3 Å². The van der Waals surface area contributed by atoms with Crippen molar-refractivity contribution in [1.29, 1.82) is 0 Å². The van der Waals surface area contributed by atoms with E-state index < -0.39 is 11.6 Å². The van der Waals surface area contributed by atoms with Gasteiger partial charge < -0.3 is 5.32 Å². The van der Waals surface area contributed by atoms with Crippen LogP contribution in [-0.4, -0.2) is 39.8 Å². The number of hydrogen-bond acceptors (Lipinski definition) is 5. The zero-order valence-electron chi connectivity index (χ0n) is 19.5.